The normalized spacial score (nSPS) is 16.6. The summed E-state index contributed by atoms with van der Waals surface area (Å²) in [5.41, 5.74) is 3.68. The number of esters is 1. The van der Waals surface area contributed by atoms with Gasteiger partial charge < -0.3 is 10.1 Å². The van der Waals surface area contributed by atoms with E-state index in [-0.39, 0.29) is 12.6 Å². The average Bonchev–Trinajstić information content (AvgIpc) is 2.71. The van der Waals surface area contributed by atoms with E-state index in [1.165, 1.54) is 0 Å². The number of hydrogen-bond acceptors (Lipinski definition) is 3. The number of amides is 2. The maximum atomic E-state index is 12.9. The number of nitrogens with one attached hydrogen (secondary N) is 1. The van der Waals surface area contributed by atoms with Crippen LogP contribution in [0, 0.1) is 0 Å². The molecule has 1 N–H and O–H groups in total. The number of carbonyl (C=O) groups excluding carboxylic acids is 2. The van der Waals surface area contributed by atoms with E-state index in [1.807, 2.05) is 54.6 Å². The van der Waals surface area contributed by atoms with Crippen molar-refractivity contribution in [1.29, 1.82) is 0 Å². The van der Waals surface area contributed by atoms with E-state index in [2.05, 4.69) is 11.9 Å². The molecule has 1 heterocycles. The number of urea groups is 1. The Labute approximate surface area is 165 Å². The quantitative estimate of drug-likeness (QED) is 0.759. The molecule has 0 saturated heterocycles. The third kappa shape index (κ3) is 3.83. The first-order valence-corrected chi connectivity index (χ1v) is 9.28. The van der Waals surface area contributed by atoms with Gasteiger partial charge in [-0.25, -0.2) is 9.59 Å². The third-order valence-electron chi connectivity index (χ3n) is 4.80. The second kappa shape index (κ2) is 8.57. The number of benzene rings is 2. The summed E-state index contributed by atoms with van der Waals surface area (Å²) in [6, 6.07) is 16.4. The van der Waals surface area contributed by atoms with E-state index in [0.717, 1.165) is 16.7 Å². The van der Waals surface area contributed by atoms with Gasteiger partial charge in [0.2, 0.25) is 0 Å². The maximum absolute atomic E-state index is 12.9. The summed E-state index contributed by atoms with van der Waals surface area (Å²) in [6.45, 7) is 8.04. The highest BCUT2D eigenvalue weighted by molar-refractivity contribution is 5.95. The molecule has 2 aromatic carbocycles. The van der Waals surface area contributed by atoms with Crippen molar-refractivity contribution in [2.75, 3.05) is 6.61 Å². The summed E-state index contributed by atoms with van der Waals surface area (Å²) in [6.07, 6.45) is 1.72. The maximum Gasteiger partial charge on any atom is 0.338 e. The average molecular weight is 376 g/mol. The van der Waals surface area contributed by atoms with Crippen LogP contribution in [0.3, 0.4) is 0 Å². The molecule has 5 heteroatoms. The van der Waals surface area contributed by atoms with Crippen molar-refractivity contribution in [1.82, 2.24) is 10.2 Å². The van der Waals surface area contributed by atoms with Crippen LogP contribution in [0.1, 0.15) is 36.6 Å². The molecular weight excluding hydrogens is 352 g/mol. The Hall–Kier alpha value is -3.34. The Kier molecular flexibility index (Phi) is 5.94. The van der Waals surface area contributed by atoms with Crippen molar-refractivity contribution in [2.24, 2.45) is 0 Å². The second-order valence-corrected chi connectivity index (χ2v) is 6.51. The molecule has 1 unspecified atom stereocenters. The lowest BCUT2D eigenvalue weighted by molar-refractivity contribution is -0.139. The smallest absolute Gasteiger partial charge is 0.338 e. The molecular formula is C23H24N2O3. The molecule has 0 aliphatic carbocycles. The Morgan fingerprint density at radius 1 is 1.18 bits per heavy atom. The molecule has 5 nitrogen and oxygen atoms in total. The van der Waals surface area contributed by atoms with Crippen molar-refractivity contribution in [3.8, 4) is 0 Å². The molecule has 0 bridgehead atoms. The van der Waals surface area contributed by atoms with Gasteiger partial charge >= 0.3 is 12.0 Å². The van der Waals surface area contributed by atoms with E-state index in [9.17, 15) is 9.59 Å². The van der Waals surface area contributed by atoms with Gasteiger partial charge in [0.15, 0.2) is 0 Å². The Morgan fingerprint density at radius 2 is 1.86 bits per heavy atom. The molecule has 28 heavy (non-hydrogen) atoms. The largest absolute Gasteiger partial charge is 0.463 e. The molecule has 0 spiro atoms. The molecule has 1 aliphatic heterocycles. The molecule has 1 aliphatic rings. The molecule has 1 atom stereocenters. The number of nitrogens with zero attached hydrogens (tertiary/aromatic N) is 1. The number of rotatable bonds is 6. The molecule has 0 aromatic heterocycles. The zero-order valence-electron chi connectivity index (χ0n) is 16.1. The van der Waals surface area contributed by atoms with Crippen LogP contribution in [-0.2, 0) is 16.1 Å². The Bertz CT molecular complexity index is 918. The molecule has 144 valence electrons. The first kappa shape index (κ1) is 19.4. The van der Waals surface area contributed by atoms with Crippen LogP contribution in [-0.4, -0.2) is 23.5 Å². The summed E-state index contributed by atoms with van der Waals surface area (Å²) in [5.74, 6) is -0.429. The monoisotopic (exact) mass is 376 g/mol. The van der Waals surface area contributed by atoms with Crippen LogP contribution in [0.25, 0.3) is 6.08 Å². The van der Waals surface area contributed by atoms with Crippen molar-refractivity contribution < 1.29 is 14.3 Å². The standard InChI is InChI=1S/C23H24N2O3/c1-4-18-13-9-10-14-19(18)21-20(22(26)28-5-2)16(3)25(23(27)24-21)15-17-11-7-6-8-12-17/h4,6-14,21H,1,5,15H2,2-3H3,(H,24,27). The van der Waals surface area contributed by atoms with Gasteiger partial charge in [-0.15, -0.1) is 0 Å². The molecule has 0 radical (unpaired) electrons. The van der Waals surface area contributed by atoms with Crippen molar-refractivity contribution >= 4 is 18.1 Å². The third-order valence-corrected chi connectivity index (χ3v) is 4.80. The van der Waals surface area contributed by atoms with Crippen LogP contribution in [0.2, 0.25) is 0 Å². The molecule has 0 fully saturated rings. The van der Waals surface area contributed by atoms with Gasteiger partial charge in [0.05, 0.1) is 24.8 Å². The highest BCUT2D eigenvalue weighted by Gasteiger charge is 2.37. The zero-order chi connectivity index (χ0) is 20.1. The first-order valence-electron chi connectivity index (χ1n) is 9.28. The van der Waals surface area contributed by atoms with Gasteiger partial charge in [0.1, 0.15) is 0 Å². The fourth-order valence-corrected chi connectivity index (χ4v) is 3.40. The molecule has 3 rings (SSSR count). The van der Waals surface area contributed by atoms with Gasteiger partial charge in [-0.05, 0) is 30.5 Å². The van der Waals surface area contributed by atoms with Crippen LogP contribution < -0.4 is 5.32 Å². The fourth-order valence-electron chi connectivity index (χ4n) is 3.40. The Balaban J connectivity index is 2.08. The highest BCUT2D eigenvalue weighted by Crippen LogP contribution is 2.34. The Morgan fingerprint density at radius 3 is 2.54 bits per heavy atom. The number of carbonyl (C=O) groups is 2. The highest BCUT2D eigenvalue weighted by atomic mass is 16.5. The number of ether oxygens (including phenoxy) is 1. The van der Waals surface area contributed by atoms with Crippen LogP contribution >= 0.6 is 0 Å². The fraction of sp³-hybridized carbons (Fsp3) is 0.217. The van der Waals surface area contributed by atoms with Gasteiger partial charge in [0.25, 0.3) is 0 Å². The summed E-state index contributed by atoms with van der Waals surface area (Å²) in [7, 11) is 0. The minimum Gasteiger partial charge on any atom is -0.463 e. The zero-order valence-corrected chi connectivity index (χ0v) is 16.1. The van der Waals surface area contributed by atoms with Crippen molar-refractivity contribution in [3.63, 3.8) is 0 Å². The van der Waals surface area contributed by atoms with Crippen molar-refractivity contribution in [2.45, 2.75) is 26.4 Å². The van der Waals surface area contributed by atoms with Gasteiger partial charge in [-0.3, -0.25) is 4.90 Å². The number of hydrogen-bond donors (Lipinski definition) is 1. The molecule has 0 saturated carbocycles. The lowest BCUT2D eigenvalue weighted by atomic mass is 9.91. The lowest BCUT2D eigenvalue weighted by Gasteiger charge is -2.36. The summed E-state index contributed by atoms with van der Waals surface area (Å²) >= 11 is 0. The molecule has 2 amide bonds. The summed E-state index contributed by atoms with van der Waals surface area (Å²) < 4.78 is 5.31. The number of allylic oxidation sites excluding steroid dienone is 1. The van der Waals surface area contributed by atoms with E-state index >= 15 is 0 Å². The van der Waals surface area contributed by atoms with Crippen LogP contribution in [0.5, 0.6) is 0 Å². The second-order valence-electron chi connectivity index (χ2n) is 6.51. The first-order chi connectivity index (χ1) is 13.6. The van der Waals surface area contributed by atoms with E-state index in [0.29, 0.717) is 17.8 Å². The van der Waals surface area contributed by atoms with E-state index in [4.69, 9.17) is 4.74 Å². The van der Waals surface area contributed by atoms with Crippen molar-refractivity contribution in [3.05, 3.63) is 89.1 Å². The summed E-state index contributed by atoms with van der Waals surface area (Å²) in [5, 5.41) is 2.98. The van der Waals surface area contributed by atoms with Gasteiger partial charge in [-0.2, -0.15) is 0 Å². The minimum absolute atomic E-state index is 0.252. The van der Waals surface area contributed by atoms with Crippen LogP contribution in [0.15, 0.2) is 72.4 Å². The predicted molar refractivity (Wildman–Crippen MR) is 109 cm³/mol. The van der Waals surface area contributed by atoms with Crippen LogP contribution in [0.4, 0.5) is 4.79 Å². The summed E-state index contributed by atoms with van der Waals surface area (Å²) in [4.78, 5) is 27.3. The predicted octanol–water partition coefficient (Wildman–Crippen LogP) is 4.43. The van der Waals surface area contributed by atoms with E-state index < -0.39 is 12.0 Å². The molecule has 2 aromatic rings. The van der Waals surface area contributed by atoms with Gasteiger partial charge in [0, 0.05) is 5.70 Å². The lowest BCUT2D eigenvalue weighted by Crippen LogP contribution is -2.47. The SMILES string of the molecule is C=Cc1ccccc1C1NC(=O)N(Cc2ccccc2)C(C)=C1C(=O)OCC. The minimum atomic E-state index is -0.590. The van der Waals surface area contributed by atoms with Gasteiger partial charge in [-0.1, -0.05) is 67.3 Å². The topological polar surface area (TPSA) is 58.6 Å². The van der Waals surface area contributed by atoms with E-state index in [1.54, 1.807) is 24.8 Å².